The molecule has 0 bridgehead atoms. The second-order valence-corrected chi connectivity index (χ2v) is 3.22. The first kappa shape index (κ1) is 7.35. The second kappa shape index (κ2) is 2.13. The molecule has 0 saturated carbocycles. The molecule has 0 aromatic heterocycles. The Labute approximate surface area is 61.6 Å². The fraction of sp³-hybridized carbons (Fsp3) is 0.500. The molecule has 1 atom stereocenters. The number of hydrogen-bond acceptors (Lipinski definition) is 2. The highest BCUT2D eigenvalue weighted by molar-refractivity contribution is 5.31. The summed E-state index contributed by atoms with van der Waals surface area (Å²) in [6.45, 7) is 3.98. The zero-order valence-corrected chi connectivity index (χ0v) is 6.52. The Kier molecular flexibility index (Phi) is 1.57. The highest BCUT2D eigenvalue weighted by atomic mass is 14.7. The highest BCUT2D eigenvalue weighted by Gasteiger charge is 2.19. The van der Waals surface area contributed by atoms with E-state index in [-0.39, 0.29) is 5.54 Å². The Balaban J connectivity index is 2.85. The van der Waals surface area contributed by atoms with E-state index in [1.54, 1.807) is 0 Å². The van der Waals surface area contributed by atoms with Gasteiger partial charge in [-0.3, -0.25) is 0 Å². The van der Waals surface area contributed by atoms with Gasteiger partial charge in [0.25, 0.3) is 0 Å². The summed E-state index contributed by atoms with van der Waals surface area (Å²) >= 11 is 0. The SMILES string of the molecule is CC1=C(N)CC(C)(N)C=C1. The van der Waals surface area contributed by atoms with Crippen molar-refractivity contribution in [1.29, 1.82) is 0 Å². The van der Waals surface area contributed by atoms with Crippen molar-refractivity contribution in [3.05, 3.63) is 23.4 Å². The summed E-state index contributed by atoms with van der Waals surface area (Å²) < 4.78 is 0. The van der Waals surface area contributed by atoms with Crippen LogP contribution in [0.3, 0.4) is 0 Å². The Hall–Kier alpha value is -0.760. The third-order valence-corrected chi connectivity index (χ3v) is 1.79. The van der Waals surface area contributed by atoms with Crippen LogP contribution in [0, 0.1) is 0 Å². The molecule has 1 aliphatic carbocycles. The molecule has 10 heavy (non-hydrogen) atoms. The van der Waals surface area contributed by atoms with Crippen LogP contribution in [-0.2, 0) is 0 Å². The van der Waals surface area contributed by atoms with E-state index in [2.05, 4.69) is 0 Å². The van der Waals surface area contributed by atoms with Crippen molar-refractivity contribution >= 4 is 0 Å². The van der Waals surface area contributed by atoms with Crippen LogP contribution in [0.15, 0.2) is 23.4 Å². The van der Waals surface area contributed by atoms with Crippen LogP contribution in [0.25, 0.3) is 0 Å². The van der Waals surface area contributed by atoms with E-state index in [9.17, 15) is 0 Å². The van der Waals surface area contributed by atoms with Gasteiger partial charge in [-0.05, 0) is 19.4 Å². The number of allylic oxidation sites excluding steroid dienone is 2. The molecule has 0 aliphatic heterocycles. The topological polar surface area (TPSA) is 52.0 Å². The maximum atomic E-state index is 5.83. The average Bonchev–Trinajstić information content (AvgIpc) is 1.79. The summed E-state index contributed by atoms with van der Waals surface area (Å²) in [5.74, 6) is 0. The van der Waals surface area contributed by atoms with Crippen molar-refractivity contribution < 1.29 is 0 Å². The Morgan fingerprint density at radius 1 is 1.60 bits per heavy atom. The summed E-state index contributed by atoms with van der Waals surface area (Å²) in [5.41, 5.74) is 13.4. The molecule has 1 unspecified atom stereocenters. The molecule has 56 valence electrons. The van der Waals surface area contributed by atoms with E-state index in [0.29, 0.717) is 0 Å². The van der Waals surface area contributed by atoms with Crippen molar-refractivity contribution in [2.45, 2.75) is 25.8 Å². The van der Waals surface area contributed by atoms with Gasteiger partial charge in [-0.2, -0.15) is 0 Å². The van der Waals surface area contributed by atoms with Crippen LogP contribution < -0.4 is 11.5 Å². The number of hydrogen-bond donors (Lipinski definition) is 2. The molecular weight excluding hydrogens is 124 g/mol. The molecule has 0 fully saturated rings. The van der Waals surface area contributed by atoms with Gasteiger partial charge in [-0.1, -0.05) is 12.2 Å². The van der Waals surface area contributed by atoms with Gasteiger partial charge < -0.3 is 11.5 Å². The van der Waals surface area contributed by atoms with Gasteiger partial charge in [-0.25, -0.2) is 0 Å². The number of rotatable bonds is 0. The molecule has 0 spiro atoms. The monoisotopic (exact) mass is 138 g/mol. The highest BCUT2D eigenvalue weighted by Crippen LogP contribution is 2.20. The molecule has 4 N–H and O–H groups in total. The van der Waals surface area contributed by atoms with Gasteiger partial charge in [0, 0.05) is 17.7 Å². The summed E-state index contributed by atoms with van der Waals surface area (Å²) in [4.78, 5) is 0. The smallest absolute Gasteiger partial charge is 0.0368 e. The summed E-state index contributed by atoms with van der Waals surface area (Å²) in [5, 5.41) is 0. The molecule has 2 nitrogen and oxygen atoms in total. The molecule has 1 aliphatic rings. The van der Waals surface area contributed by atoms with E-state index >= 15 is 0 Å². The predicted octanol–water partition coefficient (Wildman–Crippen LogP) is 0.896. The van der Waals surface area contributed by atoms with E-state index in [4.69, 9.17) is 11.5 Å². The van der Waals surface area contributed by atoms with Gasteiger partial charge >= 0.3 is 0 Å². The van der Waals surface area contributed by atoms with Crippen molar-refractivity contribution in [2.75, 3.05) is 0 Å². The van der Waals surface area contributed by atoms with Crippen LogP contribution in [0.4, 0.5) is 0 Å². The third-order valence-electron chi connectivity index (χ3n) is 1.79. The quantitative estimate of drug-likeness (QED) is 0.522. The first-order valence-corrected chi connectivity index (χ1v) is 3.45. The van der Waals surface area contributed by atoms with Gasteiger partial charge in [0.15, 0.2) is 0 Å². The summed E-state index contributed by atoms with van der Waals surface area (Å²) in [6, 6.07) is 0. The van der Waals surface area contributed by atoms with E-state index in [1.165, 1.54) is 0 Å². The first-order chi connectivity index (χ1) is 4.51. The zero-order chi connectivity index (χ0) is 7.78. The van der Waals surface area contributed by atoms with Crippen molar-refractivity contribution in [3.8, 4) is 0 Å². The van der Waals surface area contributed by atoms with Gasteiger partial charge in [0.2, 0.25) is 0 Å². The molecule has 0 amide bonds. The molecule has 1 rings (SSSR count). The van der Waals surface area contributed by atoms with Gasteiger partial charge in [0.1, 0.15) is 0 Å². The maximum Gasteiger partial charge on any atom is 0.0368 e. The Bertz CT molecular complexity index is 199. The van der Waals surface area contributed by atoms with Gasteiger partial charge in [-0.15, -0.1) is 0 Å². The first-order valence-electron chi connectivity index (χ1n) is 3.45. The minimum Gasteiger partial charge on any atom is -0.402 e. The molecule has 2 heteroatoms. The largest absolute Gasteiger partial charge is 0.402 e. The molecule has 0 saturated heterocycles. The molecule has 0 heterocycles. The summed E-state index contributed by atoms with van der Waals surface area (Å²) in [6.07, 6.45) is 4.76. The van der Waals surface area contributed by atoms with Crippen LogP contribution in [0.1, 0.15) is 20.3 Å². The van der Waals surface area contributed by atoms with E-state index in [0.717, 1.165) is 17.7 Å². The Morgan fingerprint density at radius 2 is 2.20 bits per heavy atom. The number of nitrogens with two attached hydrogens (primary N) is 2. The fourth-order valence-corrected chi connectivity index (χ4v) is 1.03. The van der Waals surface area contributed by atoms with Crippen LogP contribution >= 0.6 is 0 Å². The Morgan fingerprint density at radius 3 is 2.60 bits per heavy atom. The van der Waals surface area contributed by atoms with Gasteiger partial charge in [0.05, 0.1) is 0 Å². The lowest BCUT2D eigenvalue weighted by Crippen LogP contribution is -2.37. The fourth-order valence-electron chi connectivity index (χ4n) is 1.03. The second-order valence-electron chi connectivity index (χ2n) is 3.22. The molecular formula is C8H14N2. The van der Waals surface area contributed by atoms with Crippen molar-refractivity contribution in [3.63, 3.8) is 0 Å². The lowest BCUT2D eigenvalue weighted by molar-refractivity contribution is 0.565. The minimum atomic E-state index is -0.233. The summed E-state index contributed by atoms with van der Waals surface area (Å²) in [7, 11) is 0. The minimum absolute atomic E-state index is 0.233. The lowest BCUT2D eigenvalue weighted by atomic mass is 9.90. The average molecular weight is 138 g/mol. The third kappa shape index (κ3) is 1.39. The molecule has 0 aromatic carbocycles. The molecule has 0 radical (unpaired) electrons. The van der Waals surface area contributed by atoms with Crippen LogP contribution in [-0.4, -0.2) is 5.54 Å². The van der Waals surface area contributed by atoms with E-state index < -0.39 is 0 Å². The van der Waals surface area contributed by atoms with E-state index in [1.807, 2.05) is 26.0 Å². The van der Waals surface area contributed by atoms with Crippen molar-refractivity contribution in [2.24, 2.45) is 11.5 Å². The van der Waals surface area contributed by atoms with Crippen molar-refractivity contribution in [1.82, 2.24) is 0 Å². The standard InChI is InChI=1S/C8H14N2/c1-6-3-4-8(2,10)5-7(6)9/h3-4H,5,9-10H2,1-2H3. The van der Waals surface area contributed by atoms with Crippen LogP contribution in [0.2, 0.25) is 0 Å². The zero-order valence-electron chi connectivity index (χ0n) is 6.52. The normalized spacial score (nSPS) is 33.1. The maximum absolute atomic E-state index is 5.83. The molecule has 0 aromatic rings. The van der Waals surface area contributed by atoms with Crippen LogP contribution in [0.5, 0.6) is 0 Å². The lowest BCUT2D eigenvalue weighted by Gasteiger charge is -2.24. The predicted molar refractivity (Wildman–Crippen MR) is 43.2 cm³/mol.